The highest BCUT2D eigenvalue weighted by Gasteiger charge is 2.20. The predicted molar refractivity (Wildman–Crippen MR) is 97.8 cm³/mol. The van der Waals surface area contributed by atoms with Gasteiger partial charge in [0.2, 0.25) is 0 Å². The second-order valence-electron chi connectivity index (χ2n) is 4.93. The molecule has 0 radical (unpaired) electrons. The van der Waals surface area contributed by atoms with Crippen LogP contribution in [0.5, 0.6) is 11.5 Å². The van der Waals surface area contributed by atoms with Crippen molar-refractivity contribution in [1.29, 1.82) is 0 Å². The van der Waals surface area contributed by atoms with Crippen molar-refractivity contribution in [2.75, 3.05) is 12.4 Å². The van der Waals surface area contributed by atoms with E-state index in [9.17, 15) is 4.79 Å². The zero-order chi connectivity index (χ0) is 17.7. The molecule has 0 unspecified atom stereocenters. The van der Waals surface area contributed by atoms with Gasteiger partial charge in [-0.2, -0.15) is 0 Å². The third kappa shape index (κ3) is 4.69. The van der Waals surface area contributed by atoms with Gasteiger partial charge in [0.1, 0.15) is 11.5 Å². The fourth-order valence-corrected chi connectivity index (χ4v) is 2.59. The van der Waals surface area contributed by atoms with Crippen molar-refractivity contribution >= 4 is 46.4 Å². The minimum absolute atomic E-state index is 0.300. The molecule has 2 aromatic rings. The number of nitrogens with one attached hydrogen (secondary N) is 1. The number of carbonyl (C=O) groups is 1. The van der Waals surface area contributed by atoms with E-state index in [4.69, 9.17) is 44.3 Å². The van der Waals surface area contributed by atoms with E-state index in [0.717, 1.165) is 0 Å². The average Bonchev–Trinajstić information content (AvgIpc) is 2.57. The lowest BCUT2D eigenvalue weighted by atomic mass is 10.2. The summed E-state index contributed by atoms with van der Waals surface area (Å²) < 4.78 is 10.9. The van der Waals surface area contributed by atoms with E-state index in [1.165, 1.54) is 12.1 Å². The van der Waals surface area contributed by atoms with Crippen LogP contribution >= 0.6 is 34.8 Å². The first-order valence-corrected chi connectivity index (χ1v) is 8.34. The largest absolute Gasteiger partial charge is 0.497 e. The van der Waals surface area contributed by atoms with E-state index in [-0.39, 0.29) is 5.91 Å². The summed E-state index contributed by atoms with van der Waals surface area (Å²) in [4.78, 5) is 12.4. The summed E-state index contributed by atoms with van der Waals surface area (Å²) in [7, 11) is 1.56. The normalized spacial score (nSPS) is 11.7. The smallest absolute Gasteiger partial charge is 0.265 e. The number of rotatable bonds is 6. The molecule has 0 fully saturated rings. The first kappa shape index (κ1) is 18.7. The Balaban J connectivity index is 2.12. The van der Waals surface area contributed by atoms with Gasteiger partial charge in [-0.3, -0.25) is 4.79 Å². The first-order valence-electron chi connectivity index (χ1n) is 7.20. The van der Waals surface area contributed by atoms with Gasteiger partial charge in [0.15, 0.2) is 6.10 Å². The molecule has 0 saturated carbocycles. The van der Waals surface area contributed by atoms with Gasteiger partial charge in [-0.05, 0) is 30.7 Å². The summed E-state index contributed by atoms with van der Waals surface area (Å²) in [6.07, 6.45) is -0.218. The maximum Gasteiger partial charge on any atom is 0.265 e. The van der Waals surface area contributed by atoms with Crippen LogP contribution in [-0.4, -0.2) is 19.1 Å². The van der Waals surface area contributed by atoms with Gasteiger partial charge in [-0.15, -0.1) is 0 Å². The zero-order valence-electron chi connectivity index (χ0n) is 13.1. The monoisotopic (exact) mass is 387 g/mol. The molecule has 4 nitrogen and oxygen atoms in total. The van der Waals surface area contributed by atoms with E-state index < -0.39 is 6.10 Å². The minimum Gasteiger partial charge on any atom is -0.497 e. The molecule has 0 bridgehead atoms. The molecule has 0 aliphatic carbocycles. The fourth-order valence-electron chi connectivity index (χ4n) is 1.99. The van der Waals surface area contributed by atoms with Gasteiger partial charge in [-0.25, -0.2) is 0 Å². The Kier molecular flexibility index (Phi) is 6.60. The van der Waals surface area contributed by atoms with E-state index >= 15 is 0 Å². The van der Waals surface area contributed by atoms with Crippen molar-refractivity contribution < 1.29 is 14.3 Å². The van der Waals surface area contributed by atoms with Crippen LogP contribution in [0.3, 0.4) is 0 Å². The Bertz CT molecular complexity index is 737. The zero-order valence-corrected chi connectivity index (χ0v) is 15.4. The molecule has 0 aromatic heterocycles. The maximum atomic E-state index is 12.4. The topological polar surface area (TPSA) is 47.6 Å². The molecule has 0 aliphatic heterocycles. The summed E-state index contributed by atoms with van der Waals surface area (Å²) in [5.74, 6) is 0.854. The van der Waals surface area contributed by atoms with Crippen molar-refractivity contribution in [3.63, 3.8) is 0 Å². The molecule has 2 aromatic carbocycles. The second-order valence-corrected chi connectivity index (χ2v) is 6.15. The number of ether oxygens (including phenoxy) is 2. The Morgan fingerprint density at radius 2 is 1.75 bits per heavy atom. The molecule has 0 spiro atoms. The molecular weight excluding hydrogens is 373 g/mol. The van der Waals surface area contributed by atoms with Crippen LogP contribution in [0.15, 0.2) is 36.4 Å². The standard InChI is InChI=1S/C17H16Cl3NO3/c1-3-16(24-11-6-4-5-10(7-11)23-2)17(22)21-15-9-13(19)12(18)8-14(15)20/h4-9,16H,3H2,1-2H3,(H,21,22)/t16-/m1/s1. The number of benzene rings is 2. The highest BCUT2D eigenvalue weighted by molar-refractivity contribution is 6.44. The average molecular weight is 389 g/mol. The van der Waals surface area contributed by atoms with E-state index in [2.05, 4.69) is 5.32 Å². The summed E-state index contributed by atoms with van der Waals surface area (Å²) in [6, 6.07) is 10.0. The Labute approximate surface area is 155 Å². The molecule has 128 valence electrons. The van der Waals surface area contributed by atoms with Crippen molar-refractivity contribution in [3.8, 4) is 11.5 Å². The summed E-state index contributed by atoms with van der Waals surface area (Å²) in [5.41, 5.74) is 0.378. The maximum absolute atomic E-state index is 12.4. The molecule has 0 saturated heterocycles. The van der Waals surface area contributed by atoms with Crippen molar-refractivity contribution in [2.24, 2.45) is 0 Å². The molecular formula is C17H16Cl3NO3. The summed E-state index contributed by atoms with van der Waals surface area (Å²) in [6.45, 7) is 1.85. The molecule has 24 heavy (non-hydrogen) atoms. The summed E-state index contributed by atoms with van der Waals surface area (Å²) in [5, 5.41) is 3.63. The van der Waals surface area contributed by atoms with Crippen LogP contribution in [0.4, 0.5) is 5.69 Å². The van der Waals surface area contributed by atoms with E-state index in [1.807, 2.05) is 6.92 Å². The van der Waals surface area contributed by atoms with Crippen molar-refractivity contribution in [1.82, 2.24) is 0 Å². The fraction of sp³-hybridized carbons (Fsp3) is 0.235. The Hall–Kier alpha value is -1.62. The number of amides is 1. The third-order valence-electron chi connectivity index (χ3n) is 3.25. The molecule has 0 heterocycles. The lowest BCUT2D eigenvalue weighted by Gasteiger charge is -2.18. The first-order chi connectivity index (χ1) is 11.4. The van der Waals surface area contributed by atoms with E-state index in [1.54, 1.807) is 31.4 Å². The van der Waals surface area contributed by atoms with Gasteiger partial charge >= 0.3 is 0 Å². The van der Waals surface area contributed by atoms with Crippen LogP contribution in [0.25, 0.3) is 0 Å². The van der Waals surface area contributed by atoms with Gasteiger partial charge in [-0.1, -0.05) is 47.8 Å². The van der Waals surface area contributed by atoms with Crippen LogP contribution < -0.4 is 14.8 Å². The van der Waals surface area contributed by atoms with Crippen LogP contribution in [0.1, 0.15) is 13.3 Å². The van der Waals surface area contributed by atoms with Crippen molar-refractivity contribution in [2.45, 2.75) is 19.4 Å². The third-order valence-corrected chi connectivity index (χ3v) is 4.29. The predicted octanol–water partition coefficient (Wildman–Crippen LogP) is 5.45. The summed E-state index contributed by atoms with van der Waals surface area (Å²) >= 11 is 17.9. The lowest BCUT2D eigenvalue weighted by molar-refractivity contribution is -0.122. The molecule has 1 atom stereocenters. The molecule has 1 N–H and O–H groups in total. The number of halogens is 3. The van der Waals surface area contributed by atoms with Crippen LogP contribution in [0, 0.1) is 0 Å². The number of hydrogen-bond acceptors (Lipinski definition) is 3. The molecule has 7 heteroatoms. The number of carbonyl (C=O) groups excluding carboxylic acids is 1. The van der Waals surface area contributed by atoms with Gasteiger partial charge in [0.25, 0.3) is 5.91 Å². The van der Waals surface area contributed by atoms with Gasteiger partial charge in [0, 0.05) is 6.07 Å². The number of anilines is 1. The van der Waals surface area contributed by atoms with Gasteiger partial charge < -0.3 is 14.8 Å². The number of hydrogen-bond donors (Lipinski definition) is 1. The molecule has 2 rings (SSSR count). The van der Waals surface area contributed by atoms with Crippen molar-refractivity contribution in [3.05, 3.63) is 51.5 Å². The quantitative estimate of drug-likeness (QED) is 0.669. The molecule has 1 amide bonds. The van der Waals surface area contributed by atoms with Gasteiger partial charge in [0.05, 0.1) is 27.9 Å². The minimum atomic E-state index is -0.692. The SMILES string of the molecule is CC[C@@H](Oc1cccc(OC)c1)C(=O)Nc1cc(Cl)c(Cl)cc1Cl. The lowest BCUT2D eigenvalue weighted by Crippen LogP contribution is -2.32. The number of methoxy groups -OCH3 is 1. The Morgan fingerprint density at radius 1 is 1.08 bits per heavy atom. The van der Waals surface area contributed by atoms with E-state index in [0.29, 0.717) is 38.7 Å². The highest BCUT2D eigenvalue weighted by atomic mass is 35.5. The highest BCUT2D eigenvalue weighted by Crippen LogP contribution is 2.32. The Morgan fingerprint density at radius 3 is 2.42 bits per heavy atom. The van der Waals surface area contributed by atoms with Crippen LogP contribution in [0.2, 0.25) is 15.1 Å². The second kappa shape index (κ2) is 8.47. The molecule has 0 aliphatic rings. The van der Waals surface area contributed by atoms with Crippen LogP contribution in [-0.2, 0) is 4.79 Å².